The minimum absolute atomic E-state index is 0.00963. The minimum Gasteiger partial charge on any atom is -0.503 e. The number of benzene rings is 1. The van der Waals surface area contributed by atoms with Crippen molar-refractivity contribution >= 4 is 17.2 Å². The van der Waals surface area contributed by atoms with Crippen molar-refractivity contribution in [1.29, 1.82) is 0 Å². The van der Waals surface area contributed by atoms with E-state index in [1.165, 1.54) is 23.5 Å². The summed E-state index contributed by atoms with van der Waals surface area (Å²) in [6.07, 6.45) is 2.03. The Labute approximate surface area is 188 Å². The molecule has 0 spiro atoms. The Morgan fingerprint density at radius 3 is 2.50 bits per heavy atom. The van der Waals surface area contributed by atoms with Gasteiger partial charge in [0.25, 0.3) is 5.91 Å². The van der Waals surface area contributed by atoms with E-state index in [1.54, 1.807) is 42.0 Å². The summed E-state index contributed by atoms with van der Waals surface area (Å²) in [5.74, 6) is -1.23. The fraction of sp³-hybridized carbons (Fsp3) is 0.364. The van der Waals surface area contributed by atoms with Gasteiger partial charge in [0.2, 0.25) is 5.43 Å². The van der Waals surface area contributed by atoms with Gasteiger partial charge < -0.3 is 19.3 Å². The molecule has 1 unspecified atom stereocenters. The van der Waals surface area contributed by atoms with Gasteiger partial charge in [0, 0.05) is 46.0 Å². The summed E-state index contributed by atoms with van der Waals surface area (Å²) in [5, 5.41) is 19.8. The molecule has 10 heteroatoms. The number of carbonyl (C=O) groups excluding carboxylic acids is 1. The second-order valence-corrected chi connectivity index (χ2v) is 8.44. The van der Waals surface area contributed by atoms with Crippen LogP contribution in [0.1, 0.15) is 40.9 Å². The van der Waals surface area contributed by atoms with E-state index >= 15 is 0 Å². The van der Waals surface area contributed by atoms with Gasteiger partial charge >= 0.3 is 0 Å². The lowest BCUT2D eigenvalue weighted by atomic mass is 10.1. The molecule has 0 aliphatic carbocycles. The molecular formula is C22H25FN4O4S. The van der Waals surface area contributed by atoms with Crippen LogP contribution in [0.5, 0.6) is 5.75 Å². The van der Waals surface area contributed by atoms with Crippen molar-refractivity contribution in [3.63, 3.8) is 0 Å². The van der Waals surface area contributed by atoms with E-state index in [0.29, 0.717) is 29.5 Å². The zero-order valence-corrected chi connectivity index (χ0v) is 19.1. The summed E-state index contributed by atoms with van der Waals surface area (Å²) in [4.78, 5) is 27.0. The molecule has 1 N–H and O–H groups in total. The number of fused-ring (bicyclic) bond motifs is 1. The predicted molar refractivity (Wildman–Crippen MR) is 120 cm³/mol. The number of pyridine rings is 1. The number of aromatic hydroxyl groups is 1. The van der Waals surface area contributed by atoms with Crippen molar-refractivity contribution in [1.82, 2.24) is 19.7 Å². The second kappa shape index (κ2) is 10.0. The Hall–Kier alpha value is -3.11. The van der Waals surface area contributed by atoms with Gasteiger partial charge in [-0.3, -0.25) is 9.59 Å². The van der Waals surface area contributed by atoms with Crippen LogP contribution in [-0.4, -0.2) is 58.0 Å². The van der Waals surface area contributed by atoms with Crippen LogP contribution in [0.15, 0.2) is 35.3 Å². The van der Waals surface area contributed by atoms with E-state index in [4.69, 9.17) is 0 Å². The highest BCUT2D eigenvalue weighted by Crippen LogP contribution is 2.30. The fourth-order valence-corrected chi connectivity index (χ4v) is 4.34. The lowest BCUT2D eigenvalue weighted by Gasteiger charge is -2.34. The summed E-state index contributed by atoms with van der Waals surface area (Å²) in [5.41, 5.74) is 0.450. The zero-order valence-electron chi connectivity index (χ0n) is 18.3. The number of amides is 1. The maximum Gasteiger partial charge on any atom is 0.274 e. The van der Waals surface area contributed by atoms with Gasteiger partial charge in [0.1, 0.15) is 10.8 Å². The quantitative estimate of drug-likeness (QED) is 0.643. The monoisotopic (exact) mass is 460 g/mol. The van der Waals surface area contributed by atoms with Crippen LogP contribution in [0.2, 0.25) is 0 Å². The number of hydrogen-bond donors (Lipinski definition) is 1. The summed E-state index contributed by atoms with van der Waals surface area (Å²) in [6.45, 7) is 4.78. The molecule has 1 amide bonds. The molecule has 0 radical (unpaired) electrons. The third-order valence-electron chi connectivity index (χ3n) is 5.01. The molecule has 8 nitrogen and oxygen atoms in total. The zero-order chi connectivity index (χ0) is 23.4. The Kier molecular flexibility index (Phi) is 7.37. The number of hydrogen-bond acceptors (Lipinski definition) is 7. The Balaban J connectivity index is 0.000000913. The molecule has 1 atom stereocenters. The molecule has 0 saturated carbocycles. The minimum atomic E-state index is -0.640. The SMILES string of the molecule is CCN1CC(C)n2cc(-c3nnc(Cc4ccc(F)cc4)s3)c(=O)c(O)c2C1=O.COC. The lowest BCUT2D eigenvalue weighted by molar-refractivity contribution is 0.0679. The van der Waals surface area contributed by atoms with E-state index in [2.05, 4.69) is 14.9 Å². The van der Waals surface area contributed by atoms with Gasteiger partial charge in [-0.05, 0) is 31.5 Å². The van der Waals surface area contributed by atoms with Crippen LogP contribution in [0.4, 0.5) is 4.39 Å². The molecule has 1 aromatic carbocycles. The number of nitrogens with zero attached hydrogens (tertiary/aromatic N) is 4. The van der Waals surface area contributed by atoms with Crippen molar-refractivity contribution < 1.29 is 19.0 Å². The van der Waals surface area contributed by atoms with Gasteiger partial charge in [-0.15, -0.1) is 10.2 Å². The third-order valence-corrected chi connectivity index (χ3v) is 5.96. The molecule has 170 valence electrons. The molecule has 3 heterocycles. The van der Waals surface area contributed by atoms with Crippen LogP contribution >= 0.6 is 11.3 Å². The number of methoxy groups -OCH3 is 1. The average molecular weight is 461 g/mol. The maximum atomic E-state index is 13.1. The van der Waals surface area contributed by atoms with E-state index in [-0.39, 0.29) is 29.0 Å². The number of halogens is 1. The van der Waals surface area contributed by atoms with Crippen LogP contribution in [0.25, 0.3) is 10.6 Å². The van der Waals surface area contributed by atoms with Gasteiger partial charge in [-0.2, -0.15) is 0 Å². The molecule has 32 heavy (non-hydrogen) atoms. The van der Waals surface area contributed by atoms with Crippen LogP contribution < -0.4 is 5.43 Å². The predicted octanol–water partition coefficient (Wildman–Crippen LogP) is 3.10. The second-order valence-electron chi connectivity index (χ2n) is 7.38. The van der Waals surface area contributed by atoms with Crippen molar-refractivity contribution in [3.8, 4) is 16.3 Å². The molecule has 4 rings (SSSR count). The lowest BCUT2D eigenvalue weighted by Crippen LogP contribution is -2.43. The Morgan fingerprint density at radius 1 is 1.22 bits per heavy atom. The van der Waals surface area contributed by atoms with Crippen molar-refractivity contribution in [2.45, 2.75) is 26.3 Å². The summed E-state index contributed by atoms with van der Waals surface area (Å²) < 4.78 is 19.0. The summed E-state index contributed by atoms with van der Waals surface area (Å²) in [7, 11) is 3.25. The molecule has 1 aliphatic heterocycles. The fourth-order valence-electron chi connectivity index (χ4n) is 3.45. The third kappa shape index (κ3) is 4.71. The van der Waals surface area contributed by atoms with Gasteiger partial charge in [0.05, 0.1) is 5.56 Å². The normalized spacial score (nSPS) is 15.2. The highest BCUT2D eigenvalue weighted by atomic mass is 32.1. The van der Waals surface area contributed by atoms with E-state index in [1.807, 2.05) is 13.8 Å². The van der Waals surface area contributed by atoms with E-state index in [0.717, 1.165) is 5.56 Å². The first-order valence-corrected chi connectivity index (χ1v) is 10.9. The van der Waals surface area contributed by atoms with Crippen LogP contribution in [0.3, 0.4) is 0 Å². The molecule has 3 aromatic rings. The molecular weight excluding hydrogens is 435 g/mol. The Bertz CT molecular complexity index is 1160. The number of rotatable bonds is 4. The maximum absolute atomic E-state index is 13.1. The van der Waals surface area contributed by atoms with E-state index in [9.17, 15) is 19.1 Å². The molecule has 0 bridgehead atoms. The largest absolute Gasteiger partial charge is 0.503 e. The molecule has 0 fully saturated rings. The smallest absolute Gasteiger partial charge is 0.274 e. The van der Waals surface area contributed by atoms with Gasteiger partial charge in [0.15, 0.2) is 16.5 Å². The number of carbonyl (C=O) groups is 1. The summed E-state index contributed by atoms with van der Waals surface area (Å²) in [6, 6.07) is 6.00. The average Bonchev–Trinajstić information content (AvgIpc) is 3.23. The van der Waals surface area contributed by atoms with Gasteiger partial charge in [-0.25, -0.2) is 4.39 Å². The van der Waals surface area contributed by atoms with E-state index < -0.39 is 11.2 Å². The molecule has 1 aliphatic rings. The number of ether oxygens (including phenoxy) is 1. The van der Waals surface area contributed by atoms with Crippen molar-refractivity contribution in [2.75, 3.05) is 27.3 Å². The first kappa shape index (κ1) is 23.6. The number of aromatic nitrogens is 3. The van der Waals surface area contributed by atoms with Crippen LogP contribution in [0, 0.1) is 5.82 Å². The standard InChI is InChI=1S/C20H19FN4O3S.C2H6O/c1-3-24-9-11(2)25-10-14(17(26)18(27)16(25)20(24)28)19-23-22-15(29-19)8-12-4-6-13(21)7-5-12;1-3-2/h4-7,10-11,27H,3,8-9H2,1-2H3;1-2H3. The summed E-state index contributed by atoms with van der Waals surface area (Å²) >= 11 is 1.23. The Morgan fingerprint density at radius 2 is 1.88 bits per heavy atom. The number of likely N-dealkylation sites (N-methyl/N-ethyl adjacent to an activating group) is 1. The first-order valence-electron chi connectivity index (χ1n) is 10.0. The van der Waals surface area contributed by atoms with Gasteiger partial charge in [-0.1, -0.05) is 23.5 Å². The molecule has 2 aromatic heterocycles. The molecule has 0 saturated heterocycles. The van der Waals surface area contributed by atoms with Crippen LogP contribution in [-0.2, 0) is 11.2 Å². The highest BCUT2D eigenvalue weighted by molar-refractivity contribution is 7.14. The van der Waals surface area contributed by atoms with Crippen molar-refractivity contribution in [2.24, 2.45) is 0 Å². The van der Waals surface area contributed by atoms with Crippen molar-refractivity contribution in [3.05, 3.63) is 62.8 Å². The topological polar surface area (TPSA) is 97.5 Å². The first-order chi connectivity index (χ1) is 15.3. The highest BCUT2D eigenvalue weighted by Gasteiger charge is 2.32.